The first-order valence-corrected chi connectivity index (χ1v) is 41.9. The van der Waals surface area contributed by atoms with Crippen LogP contribution < -0.4 is 31.1 Å². The molecule has 0 spiro atoms. The molecule has 47 heteroatoms. The highest BCUT2D eigenvalue weighted by Gasteiger charge is 2.33. The van der Waals surface area contributed by atoms with E-state index >= 15 is 0 Å². The number of nitrogen functional groups attached to an aromatic ring is 1. The molecule has 12 heterocycles. The number of piperazine rings is 3. The second kappa shape index (κ2) is 42.3. The standard InChI is InChI=1S/C28H30F2N8O4.C27H28F2N8O5.C16H21N5O4.C12H11F2N3O.C4H7ClO2/c1-17(39)18-5-7-19(8-6-18)38-16-21(23(34-38)24(29)30)32-26(40)20-15-31-37-10-9-22(33-25(20)37)35-11-13-36(14-12-35)27(41)42-28(2,3)4;1-27(2,3)42-26(41)35-12-10-34(11-13-35)20-8-9-36-23(32-20)18(14-30-36)24(38)31-19-15-37(33-21(19)22(28)29)17-6-4-16(5-7-17)25(39)40;1-16(2,3)25-15(24)20-8-6-19(7-9-20)12-4-5-21-13(18-12)11(10-17-21)14(22)23;1-7(18)8-2-4-9(5-3-8)17-6-10(15)11(16-17)12(13)14;1-3(2)7-4(5)6/h5-10,15-16,24H,11-14H2,1-4H3,(H,32,40);4-9,14-15,22H,10-13H2,1-3H3,(H,31,38)(H,39,40);4-5,10H,6-9H2,1-3H3,(H,22,23);2-6,12H,15H2,1H3;3H,1-2H3. The van der Waals surface area contributed by atoms with E-state index in [0.29, 0.717) is 130 Å². The maximum atomic E-state index is 13.9. The zero-order valence-corrected chi connectivity index (χ0v) is 75.6. The SMILES string of the molecule is CC(=O)c1ccc(-n2cc(N)c(C(F)F)n2)cc1.CC(=O)c1ccc(-n2cc(NC(=O)c3cnn4ccc(N5CCN(C(=O)OC(C)(C)C)CC5)nc34)c(C(F)F)n2)cc1.CC(C)(C)OC(=O)N1CCN(c2ccn3ncc(C(=O)Nc4cn(-c5ccc(C(=O)O)cc5)nc4C(F)F)c3n2)CC1.CC(C)(C)OC(=O)N1CCN(c2ccn3ncc(C(=O)O)c3n2)CC1.CC(C)OC(=O)Cl. The maximum absolute atomic E-state index is 13.9. The molecule has 5 amide bonds. The van der Waals surface area contributed by atoms with Gasteiger partial charge >= 0.3 is 35.6 Å². The van der Waals surface area contributed by atoms with Gasteiger partial charge in [-0.3, -0.25) is 19.2 Å². The minimum absolute atomic E-state index is 0.0263. The topological polar surface area (TPSA) is 462 Å². The Kier molecular flexibility index (Phi) is 31.3. The third kappa shape index (κ3) is 25.9. The second-order valence-electron chi connectivity index (χ2n) is 33.4. The van der Waals surface area contributed by atoms with Crippen molar-refractivity contribution >= 4 is 122 Å². The molecule has 0 radical (unpaired) electrons. The number of aromatic nitrogens is 15. The van der Waals surface area contributed by atoms with Crippen molar-refractivity contribution in [2.24, 2.45) is 0 Å². The Morgan fingerprint density at radius 2 is 0.701 bits per heavy atom. The zero-order valence-electron chi connectivity index (χ0n) is 74.9. The lowest BCUT2D eigenvalue weighted by Gasteiger charge is -2.36. The zero-order chi connectivity index (χ0) is 97.7. The smallest absolute Gasteiger partial charge is 0.410 e. The maximum Gasteiger partial charge on any atom is 0.410 e. The number of alkyl halides is 6. The van der Waals surface area contributed by atoms with E-state index in [4.69, 9.17) is 36.7 Å². The van der Waals surface area contributed by atoms with E-state index in [9.17, 15) is 79.4 Å². The molecular formula is C87H97ClF6N24O16. The van der Waals surface area contributed by atoms with Crippen molar-refractivity contribution in [2.75, 3.05) is 110 Å². The molecule has 12 aromatic rings. The van der Waals surface area contributed by atoms with Gasteiger partial charge in [-0.15, -0.1) is 0 Å². The van der Waals surface area contributed by atoms with E-state index in [0.717, 1.165) is 4.68 Å². The summed E-state index contributed by atoms with van der Waals surface area (Å²) in [4.78, 5) is 143. The highest BCUT2D eigenvalue weighted by atomic mass is 35.5. The molecule has 3 saturated heterocycles. The number of aromatic carboxylic acids is 2. The number of carbonyl (C=O) groups is 10. The van der Waals surface area contributed by atoms with Crippen LogP contribution in [0, 0.1) is 0 Å². The summed E-state index contributed by atoms with van der Waals surface area (Å²) in [5.41, 5.74) is 4.22. The first kappa shape index (κ1) is 99.3. The van der Waals surface area contributed by atoms with Crippen LogP contribution in [0.3, 0.4) is 0 Å². The highest BCUT2D eigenvalue weighted by Crippen LogP contribution is 2.33. The number of halogens is 7. The van der Waals surface area contributed by atoms with Crippen LogP contribution in [0.5, 0.6) is 0 Å². The predicted octanol–water partition coefficient (Wildman–Crippen LogP) is 14.1. The number of hydrogen-bond donors (Lipinski definition) is 5. The summed E-state index contributed by atoms with van der Waals surface area (Å²) < 4.78 is 109. The van der Waals surface area contributed by atoms with Gasteiger partial charge in [0.2, 0.25) is 0 Å². The summed E-state index contributed by atoms with van der Waals surface area (Å²) in [6, 6.07) is 23.5. The molecule has 3 aliphatic heterocycles. The van der Waals surface area contributed by atoms with Crippen LogP contribution in [0.25, 0.3) is 34.0 Å². The first-order chi connectivity index (χ1) is 63.1. The Labute approximate surface area is 766 Å². The van der Waals surface area contributed by atoms with E-state index in [2.05, 4.69) is 60.9 Å². The average Bonchev–Trinajstić information content (AvgIpc) is 1.58. The van der Waals surface area contributed by atoms with Crippen LogP contribution in [-0.4, -0.2) is 259 Å². The van der Waals surface area contributed by atoms with Gasteiger partial charge in [0.05, 0.1) is 83.0 Å². The lowest BCUT2D eigenvalue weighted by Crippen LogP contribution is -2.50. The van der Waals surface area contributed by atoms with Gasteiger partial charge < -0.3 is 74.9 Å². The van der Waals surface area contributed by atoms with Crippen molar-refractivity contribution in [1.82, 2.24) is 87.8 Å². The number of fused-ring (bicyclic) bond motifs is 3. The fraction of sp³-hybridized carbons (Fsp3) is 0.368. The van der Waals surface area contributed by atoms with E-state index in [1.54, 1.807) is 114 Å². The molecule has 0 saturated carbocycles. The molecule has 15 rings (SSSR count). The Bertz CT molecular complexity index is 6010. The van der Waals surface area contributed by atoms with E-state index in [-0.39, 0.29) is 86.6 Å². The van der Waals surface area contributed by atoms with Crippen LogP contribution in [-0.2, 0) is 18.9 Å². The number of benzene rings is 3. The predicted molar refractivity (Wildman–Crippen MR) is 476 cm³/mol. The van der Waals surface area contributed by atoms with Crippen molar-refractivity contribution in [3.05, 3.63) is 197 Å². The Morgan fingerprint density at radius 3 is 0.963 bits per heavy atom. The Hall–Kier alpha value is -15.3. The third-order valence-corrected chi connectivity index (χ3v) is 19.8. The molecule has 0 bridgehead atoms. The molecule has 6 N–H and O–H groups in total. The van der Waals surface area contributed by atoms with Crippen LogP contribution in [0.15, 0.2) is 147 Å². The Balaban J connectivity index is 0.000000175. The van der Waals surface area contributed by atoms with Crippen LogP contribution in [0.1, 0.15) is 189 Å². The molecule has 3 aliphatic rings. The van der Waals surface area contributed by atoms with Crippen LogP contribution >= 0.6 is 11.6 Å². The molecule has 9 aromatic heterocycles. The van der Waals surface area contributed by atoms with Crippen molar-refractivity contribution in [3.8, 4) is 17.1 Å². The number of amides is 5. The van der Waals surface area contributed by atoms with Gasteiger partial charge in [0, 0.05) is 120 Å². The number of nitrogens with zero attached hydrogens (tertiary/aromatic N) is 21. The first-order valence-electron chi connectivity index (χ1n) is 41.5. The summed E-state index contributed by atoms with van der Waals surface area (Å²) >= 11 is 4.81. The summed E-state index contributed by atoms with van der Waals surface area (Å²) in [7, 11) is 0. The summed E-state index contributed by atoms with van der Waals surface area (Å²) in [5, 5.41) is 47.2. The van der Waals surface area contributed by atoms with E-state index in [1.165, 1.54) is 98.2 Å². The van der Waals surface area contributed by atoms with Crippen molar-refractivity contribution in [2.45, 2.75) is 132 Å². The molecule has 3 aromatic carbocycles. The second-order valence-corrected chi connectivity index (χ2v) is 33.7. The van der Waals surface area contributed by atoms with Crippen molar-refractivity contribution in [3.63, 3.8) is 0 Å². The minimum atomic E-state index is -2.99. The van der Waals surface area contributed by atoms with Gasteiger partial charge in [-0.25, -0.2) is 97.7 Å². The molecule has 710 valence electrons. The largest absolute Gasteiger partial charge is 0.478 e. The number of nitrogens with one attached hydrogen (secondary N) is 2. The third-order valence-electron chi connectivity index (χ3n) is 19.7. The number of carbonyl (C=O) groups excluding carboxylic acids is 8. The number of anilines is 6. The quantitative estimate of drug-likeness (QED) is 0.0230. The molecule has 0 unspecified atom stereocenters. The monoisotopic (exact) mass is 1880 g/mol. The van der Waals surface area contributed by atoms with Gasteiger partial charge in [0.1, 0.15) is 50.9 Å². The summed E-state index contributed by atoms with van der Waals surface area (Å²) in [5.74, 6) is -1.97. The number of nitrogens with two attached hydrogens (primary N) is 1. The summed E-state index contributed by atoms with van der Waals surface area (Å²) in [6.45, 7) is 28.7. The van der Waals surface area contributed by atoms with Gasteiger partial charge in [0.15, 0.2) is 45.6 Å². The molecular weight excluding hydrogens is 1790 g/mol. The fourth-order valence-corrected chi connectivity index (χ4v) is 13.4. The molecule has 3 fully saturated rings. The number of hydrogen-bond acceptors (Lipinski definition) is 27. The number of ether oxygens (including phenoxy) is 4. The number of rotatable bonds is 18. The van der Waals surface area contributed by atoms with E-state index < -0.39 is 82.3 Å². The minimum Gasteiger partial charge on any atom is -0.478 e. The van der Waals surface area contributed by atoms with Crippen LogP contribution in [0.4, 0.5) is 80.0 Å². The van der Waals surface area contributed by atoms with Crippen molar-refractivity contribution in [1.29, 1.82) is 0 Å². The number of carboxylic acid groups (broad SMARTS) is 2. The number of Topliss-reactive ketones (excluding diaryl/α,β-unsaturated/α-hetero) is 2. The lowest BCUT2D eigenvalue weighted by molar-refractivity contribution is 0.0230. The Morgan fingerprint density at radius 1 is 0.410 bits per heavy atom. The lowest BCUT2D eigenvalue weighted by atomic mass is 10.1. The van der Waals surface area contributed by atoms with E-state index in [1.807, 2.05) is 77.0 Å². The van der Waals surface area contributed by atoms with Gasteiger partial charge in [-0.2, -0.15) is 30.6 Å². The molecule has 40 nitrogen and oxygen atoms in total. The normalized spacial score (nSPS) is 13.6. The van der Waals surface area contributed by atoms with Gasteiger partial charge in [0.25, 0.3) is 31.1 Å². The molecule has 0 aliphatic carbocycles. The fourth-order valence-electron chi connectivity index (χ4n) is 13.2. The van der Waals surface area contributed by atoms with Gasteiger partial charge in [-0.1, -0.05) is 0 Å². The average molecular weight is 1880 g/mol. The molecule has 0 atom stereocenters. The van der Waals surface area contributed by atoms with Gasteiger partial charge in [-0.05, 0) is 181 Å². The number of carboxylic acids is 2. The highest BCUT2D eigenvalue weighted by molar-refractivity contribution is 6.61. The van der Waals surface area contributed by atoms with Crippen molar-refractivity contribution < 1.29 is 103 Å². The summed E-state index contributed by atoms with van der Waals surface area (Å²) in [6.07, 6.45) is 2.87. The molecule has 134 heavy (non-hydrogen) atoms. The number of ketones is 2. The van der Waals surface area contributed by atoms with Crippen LogP contribution in [0.2, 0.25) is 0 Å².